The third kappa shape index (κ3) is 5.56. The van der Waals surface area contributed by atoms with E-state index in [1.165, 1.54) is 16.8 Å². The van der Waals surface area contributed by atoms with Crippen LogP contribution in [0.15, 0.2) is 47.6 Å². The Balaban J connectivity index is 1.91. The van der Waals surface area contributed by atoms with Gasteiger partial charge in [-0.25, -0.2) is 0 Å². The second kappa shape index (κ2) is 9.92. The SMILES string of the molecule is CCCN(CC)c1ccc(C=NNC(=S)Nc2cccc(C)c2C)cc1. The molecule has 0 amide bonds. The first-order valence-electron chi connectivity index (χ1n) is 9.06. The summed E-state index contributed by atoms with van der Waals surface area (Å²) in [5.41, 5.74) is 8.56. The van der Waals surface area contributed by atoms with Crippen LogP contribution in [0.4, 0.5) is 11.4 Å². The Morgan fingerprint density at radius 2 is 1.85 bits per heavy atom. The molecule has 0 aromatic heterocycles. The monoisotopic (exact) mass is 368 g/mol. The quantitative estimate of drug-likeness (QED) is 0.416. The van der Waals surface area contributed by atoms with Crippen molar-refractivity contribution >= 4 is 34.9 Å². The summed E-state index contributed by atoms with van der Waals surface area (Å²) in [5, 5.41) is 7.89. The van der Waals surface area contributed by atoms with Crippen molar-refractivity contribution in [1.29, 1.82) is 0 Å². The van der Waals surface area contributed by atoms with E-state index in [9.17, 15) is 0 Å². The molecule has 0 fully saturated rings. The summed E-state index contributed by atoms with van der Waals surface area (Å²) in [6, 6.07) is 14.5. The lowest BCUT2D eigenvalue weighted by molar-refractivity contribution is 0.792. The first kappa shape index (κ1) is 19.9. The number of thiocarbonyl (C=S) groups is 1. The van der Waals surface area contributed by atoms with Gasteiger partial charge in [0.25, 0.3) is 0 Å². The normalized spacial score (nSPS) is 10.8. The topological polar surface area (TPSA) is 39.7 Å². The van der Waals surface area contributed by atoms with Crippen molar-refractivity contribution in [2.75, 3.05) is 23.3 Å². The van der Waals surface area contributed by atoms with Crippen molar-refractivity contribution in [3.05, 3.63) is 59.2 Å². The smallest absolute Gasteiger partial charge is 0.191 e. The molecule has 0 aliphatic rings. The number of nitrogens with zero attached hydrogens (tertiary/aromatic N) is 2. The standard InChI is InChI=1S/C21H28N4S/c1-5-14-25(6-2)19-12-10-18(11-13-19)15-22-24-21(26)23-20-9-7-8-16(3)17(20)4/h7-13,15H,5-6,14H2,1-4H3,(H2,23,24,26). The second-order valence-corrected chi connectivity index (χ2v) is 6.65. The van der Waals surface area contributed by atoms with Gasteiger partial charge in [0.15, 0.2) is 5.11 Å². The molecule has 138 valence electrons. The van der Waals surface area contributed by atoms with Gasteiger partial charge in [0.1, 0.15) is 0 Å². The highest BCUT2D eigenvalue weighted by molar-refractivity contribution is 7.80. The fraction of sp³-hybridized carbons (Fsp3) is 0.333. The van der Waals surface area contributed by atoms with Gasteiger partial charge in [0, 0.05) is 24.5 Å². The zero-order valence-electron chi connectivity index (χ0n) is 16.0. The number of anilines is 2. The molecule has 0 aliphatic heterocycles. The summed E-state index contributed by atoms with van der Waals surface area (Å²) in [4.78, 5) is 2.36. The maximum atomic E-state index is 5.31. The Labute approximate surface area is 162 Å². The van der Waals surface area contributed by atoms with E-state index in [1.54, 1.807) is 6.21 Å². The predicted octanol–water partition coefficient (Wildman–Crippen LogP) is 4.86. The predicted molar refractivity (Wildman–Crippen MR) is 117 cm³/mol. The molecule has 2 N–H and O–H groups in total. The highest BCUT2D eigenvalue weighted by atomic mass is 32.1. The average Bonchev–Trinajstić information content (AvgIpc) is 2.64. The van der Waals surface area contributed by atoms with E-state index in [4.69, 9.17) is 12.2 Å². The van der Waals surface area contributed by atoms with Crippen LogP contribution in [-0.4, -0.2) is 24.4 Å². The number of hydrazone groups is 1. The van der Waals surface area contributed by atoms with Crippen molar-refractivity contribution in [1.82, 2.24) is 5.43 Å². The molecule has 0 saturated heterocycles. The van der Waals surface area contributed by atoms with E-state index < -0.39 is 0 Å². The first-order chi connectivity index (χ1) is 12.5. The molecule has 26 heavy (non-hydrogen) atoms. The van der Waals surface area contributed by atoms with E-state index in [0.717, 1.165) is 30.8 Å². The Hall–Kier alpha value is -2.40. The Kier molecular flexibility index (Phi) is 7.60. The average molecular weight is 369 g/mol. The Morgan fingerprint density at radius 3 is 2.50 bits per heavy atom. The van der Waals surface area contributed by atoms with Crippen LogP contribution in [0.2, 0.25) is 0 Å². The van der Waals surface area contributed by atoms with Crippen LogP contribution in [0.3, 0.4) is 0 Å². The number of nitrogens with one attached hydrogen (secondary N) is 2. The molecule has 2 aromatic carbocycles. The Bertz CT molecular complexity index is 753. The van der Waals surface area contributed by atoms with Crippen molar-refractivity contribution in [3.8, 4) is 0 Å². The summed E-state index contributed by atoms with van der Waals surface area (Å²) >= 11 is 5.31. The fourth-order valence-corrected chi connectivity index (χ4v) is 2.88. The summed E-state index contributed by atoms with van der Waals surface area (Å²) in [7, 11) is 0. The van der Waals surface area contributed by atoms with Crippen LogP contribution in [0.1, 0.15) is 37.0 Å². The second-order valence-electron chi connectivity index (χ2n) is 6.24. The van der Waals surface area contributed by atoms with Crippen LogP contribution in [0, 0.1) is 13.8 Å². The van der Waals surface area contributed by atoms with E-state index in [0.29, 0.717) is 5.11 Å². The number of hydrogen-bond donors (Lipinski definition) is 2. The van der Waals surface area contributed by atoms with E-state index in [1.807, 2.05) is 12.1 Å². The lowest BCUT2D eigenvalue weighted by Gasteiger charge is -2.22. The zero-order chi connectivity index (χ0) is 18.9. The molecule has 0 atom stereocenters. The number of aryl methyl sites for hydroxylation is 1. The molecule has 0 heterocycles. The fourth-order valence-electron chi connectivity index (χ4n) is 2.71. The lowest BCUT2D eigenvalue weighted by atomic mass is 10.1. The van der Waals surface area contributed by atoms with Gasteiger partial charge in [0.2, 0.25) is 0 Å². The van der Waals surface area contributed by atoms with Gasteiger partial charge in [-0.15, -0.1) is 0 Å². The maximum absolute atomic E-state index is 5.31. The molecule has 0 saturated carbocycles. The molecule has 0 unspecified atom stereocenters. The summed E-state index contributed by atoms with van der Waals surface area (Å²) < 4.78 is 0. The van der Waals surface area contributed by atoms with Gasteiger partial charge in [-0.1, -0.05) is 31.2 Å². The molecular weight excluding hydrogens is 340 g/mol. The number of hydrogen-bond acceptors (Lipinski definition) is 3. The van der Waals surface area contributed by atoms with Gasteiger partial charge < -0.3 is 10.2 Å². The van der Waals surface area contributed by atoms with Crippen LogP contribution in [0.25, 0.3) is 0 Å². The highest BCUT2D eigenvalue weighted by Crippen LogP contribution is 2.18. The molecule has 2 rings (SSSR count). The van der Waals surface area contributed by atoms with Crippen molar-refractivity contribution in [2.24, 2.45) is 5.10 Å². The first-order valence-corrected chi connectivity index (χ1v) is 9.47. The van der Waals surface area contributed by atoms with Crippen LogP contribution in [0.5, 0.6) is 0 Å². The number of benzene rings is 2. The van der Waals surface area contributed by atoms with Gasteiger partial charge in [-0.3, -0.25) is 5.43 Å². The lowest BCUT2D eigenvalue weighted by Crippen LogP contribution is -2.24. The van der Waals surface area contributed by atoms with Crippen molar-refractivity contribution < 1.29 is 0 Å². The minimum Gasteiger partial charge on any atom is -0.372 e. The summed E-state index contributed by atoms with van der Waals surface area (Å²) in [5.74, 6) is 0. The molecule has 0 spiro atoms. The zero-order valence-corrected chi connectivity index (χ0v) is 16.9. The van der Waals surface area contributed by atoms with Crippen molar-refractivity contribution in [3.63, 3.8) is 0 Å². The molecule has 5 heteroatoms. The third-order valence-electron chi connectivity index (χ3n) is 4.37. The third-order valence-corrected chi connectivity index (χ3v) is 4.56. The molecular formula is C21H28N4S. The highest BCUT2D eigenvalue weighted by Gasteiger charge is 2.03. The van der Waals surface area contributed by atoms with E-state index in [2.05, 4.69) is 78.8 Å². The molecule has 0 aliphatic carbocycles. The van der Waals surface area contributed by atoms with Gasteiger partial charge in [0.05, 0.1) is 6.21 Å². The molecule has 2 aromatic rings. The largest absolute Gasteiger partial charge is 0.372 e. The Morgan fingerprint density at radius 1 is 1.12 bits per heavy atom. The minimum absolute atomic E-state index is 0.478. The molecule has 0 radical (unpaired) electrons. The van der Waals surface area contributed by atoms with Crippen LogP contribution >= 0.6 is 12.2 Å². The number of rotatable bonds is 7. The summed E-state index contributed by atoms with van der Waals surface area (Å²) in [6.45, 7) is 10.6. The van der Waals surface area contributed by atoms with Crippen LogP contribution < -0.4 is 15.6 Å². The van der Waals surface area contributed by atoms with Crippen molar-refractivity contribution in [2.45, 2.75) is 34.1 Å². The van der Waals surface area contributed by atoms with Crippen LogP contribution in [-0.2, 0) is 0 Å². The molecule has 0 bridgehead atoms. The van der Waals surface area contributed by atoms with Gasteiger partial charge in [-0.05, 0) is 74.3 Å². The summed E-state index contributed by atoms with van der Waals surface area (Å²) in [6.07, 6.45) is 2.92. The molecule has 4 nitrogen and oxygen atoms in total. The van der Waals surface area contributed by atoms with Gasteiger partial charge >= 0.3 is 0 Å². The van der Waals surface area contributed by atoms with E-state index >= 15 is 0 Å². The maximum Gasteiger partial charge on any atom is 0.191 e. The van der Waals surface area contributed by atoms with Gasteiger partial charge in [-0.2, -0.15) is 5.10 Å². The minimum atomic E-state index is 0.478. The van der Waals surface area contributed by atoms with E-state index in [-0.39, 0.29) is 0 Å².